The van der Waals surface area contributed by atoms with Gasteiger partial charge in [-0.2, -0.15) is 0 Å². The number of rotatable bonds is 8. The van der Waals surface area contributed by atoms with Gasteiger partial charge in [0.15, 0.2) is 0 Å². The quantitative estimate of drug-likeness (QED) is 0.599. The first-order chi connectivity index (χ1) is 13.9. The van der Waals surface area contributed by atoms with Crippen LogP contribution >= 0.6 is 11.3 Å². The molecular weight excluding hydrogens is 386 g/mol. The van der Waals surface area contributed by atoms with Gasteiger partial charge in [-0.05, 0) is 57.4 Å². The number of hydrogen-bond donors (Lipinski definition) is 1. The van der Waals surface area contributed by atoms with Crippen molar-refractivity contribution in [1.82, 2.24) is 25.3 Å². The maximum atomic E-state index is 12.5. The smallest absolute Gasteiger partial charge is 0.263 e. The topological polar surface area (TPSA) is 81.9 Å². The fourth-order valence-corrected chi connectivity index (χ4v) is 3.90. The van der Waals surface area contributed by atoms with Crippen LogP contribution in [0.5, 0.6) is 5.75 Å². The number of hydrogen-bond acceptors (Lipinski definition) is 6. The van der Waals surface area contributed by atoms with Gasteiger partial charge in [0.2, 0.25) is 0 Å². The highest BCUT2D eigenvalue weighted by molar-refractivity contribution is 7.17. The molecule has 29 heavy (non-hydrogen) atoms. The summed E-state index contributed by atoms with van der Waals surface area (Å²) < 4.78 is 7.26. The van der Waals surface area contributed by atoms with Gasteiger partial charge in [0.05, 0.1) is 23.7 Å². The van der Waals surface area contributed by atoms with Crippen LogP contribution in [-0.4, -0.2) is 39.0 Å². The van der Waals surface area contributed by atoms with Crippen LogP contribution in [0.15, 0.2) is 24.3 Å². The van der Waals surface area contributed by atoms with Gasteiger partial charge in [0.1, 0.15) is 21.3 Å². The molecule has 1 N–H and O–H groups in total. The lowest BCUT2D eigenvalue weighted by molar-refractivity contribution is 0.0955. The summed E-state index contributed by atoms with van der Waals surface area (Å²) in [5.74, 6) is 1.29. The minimum absolute atomic E-state index is 0.0801. The van der Waals surface area contributed by atoms with E-state index in [0.29, 0.717) is 40.3 Å². The molecule has 0 aliphatic rings. The van der Waals surface area contributed by atoms with E-state index in [1.165, 1.54) is 11.3 Å². The zero-order valence-corrected chi connectivity index (χ0v) is 18.3. The summed E-state index contributed by atoms with van der Waals surface area (Å²) in [6.07, 6.45) is 0.950. The van der Waals surface area contributed by atoms with E-state index < -0.39 is 0 Å². The molecule has 0 bridgehead atoms. The third-order valence-corrected chi connectivity index (χ3v) is 5.66. The molecule has 0 spiro atoms. The zero-order valence-electron chi connectivity index (χ0n) is 17.5. The van der Waals surface area contributed by atoms with Gasteiger partial charge in [-0.25, -0.2) is 9.67 Å². The fourth-order valence-electron chi connectivity index (χ4n) is 2.89. The van der Waals surface area contributed by atoms with Crippen molar-refractivity contribution in [2.45, 2.75) is 41.0 Å². The number of aryl methyl sites for hydroxylation is 1. The molecule has 0 aliphatic heterocycles. The van der Waals surface area contributed by atoms with E-state index in [9.17, 15) is 4.79 Å². The first-order valence-corrected chi connectivity index (χ1v) is 10.6. The second-order valence-corrected chi connectivity index (χ2v) is 8.23. The molecule has 3 aromatic rings. The van der Waals surface area contributed by atoms with Gasteiger partial charge in [-0.3, -0.25) is 4.79 Å². The Morgan fingerprint density at radius 2 is 1.97 bits per heavy atom. The lowest BCUT2D eigenvalue weighted by Crippen LogP contribution is -2.25. The molecule has 2 aromatic heterocycles. The molecule has 8 heteroatoms. The second kappa shape index (κ2) is 9.17. The van der Waals surface area contributed by atoms with E-state index in [-0.39, 0.29) is 5.91 Å². The van der Waals surface area contributed by atoms with Crippen molar-refractivity contribution in [2.24, 2.45) is 5.92 Å². The van der Waals surface area contributed by atoms with Crippen LogP contribution in [0.25, 0.3) is 16.4 Å². The molecule has 154 valence electrons. The number of ether oxygens (including phenoxy) is 1. The van der Waals surface area contributed by atoms with Crippen LogP contribution in [0.2, 0.25) is 0 Å². The third-order valence-electron chi connectivity index (χ3n) is 4.50. The van der Waals surface area contributed by atoms with E-state index in [2.05, 4.69) is 34.5 Å². The summed E-state index contributed by atoms with van der Waals surface area (Å²) in [6.45, 7) is 11.3. The van der Waals surface area contributed by atoms with Crippen LogP contribution < -0.4 is 10.1 Å². The lowest BCUT2D eigenvalue weighted by Gasteiger charge is -2.06. The first-order valence-electron chi connectivity index (χ1n) is 9.82. The molecule has 0 fully saturated rings. The highest BCUT2D eigenvalue weighted by atomic mass is 32.1. The first kappa shape index (κ1) is 21.0. The van der Waals surface area contributed by atoms with Crippen LogP contribution in [0.3, 0.4) is 0 Å². The van der Waals surface area contributed by atoms with E-state index in [4.69, 9.17) is 4.74 Å². The Hall–Kier alpha value is -2.74. The molecule has 0 saturated heterocycles. The SMILES string of the molecule is CCOc1ccc(-n2nnc(-c3nc(C)c(C(=O)NCCC(C)C)s3)c2C)cc1. The maximum absolute atomic E-state index is 12.5. The largest absolute Gasteiger partial charge is 0.494 e. The van der Waals surface area contributed by atoms with Crippen molar-refractivity contribution in [3.05, 3.63) is 40.5 Å². The number of amides is 1. The number of carbonyl (C=O) groups excluding carboxylic acids is 1. The summed E-state index contributed by atoms with van der Waals surface area (Å²) in [4.78, 5) is 17.7. The number of benzene rings is 1. The van der Waals surface area contributed by atoms with Crippen molar-refractivity contribution in [3.63, 3.8) is 0 Å². The van der Waals surface area contributed by atoms with Crippen molar-refractivity contribution in [2.75, 3.05) is 13.2 Å². The number of thiazole rings is 1. The molecule has 3 rings (SSSR count). The fraction of sp³-hybridized carbons (Fsp3) is 0.429. The second-order valence-electron chi connectivity index (χ2n) is 7.23. The minimum atomic E-state index is -0.0801. The van der Waals surface area contributed by atoms with Crippen LogP contribution in [0, 0.1) is 19.8 Å². The molecule has 0 unspecified atom stereocenters. The summed E-state index contributed by atoms with van der Waals surface area (Å²) in [5.41, 5.74) is 3.16. The maximum Gasteiger partial charge on any atom is 0.263 e. The lowest BCUT2D eigenvalue weighted by atomic mass is 10.1. The average Bonchev–Trinajstić information content (AvgIpc) is 3.25. The summed E-state index contributed by atoms with van der Waals surface area (Å²) in [5, 5.41) is 12.3. The van der Waals surface area contributed by atoms with E-state index in [1.54, 1.807) is 4.68 Å². The molecular formula is C21H27N5O2S. The standard InChI is InChI=1S/C21H27N5O2S/c1-6-28-17-9-7-16(8-10-17)26-15(5)18(24-25-26)21-23-14(4)19(29-21)20(27)22-12-11-13(2)3/h7-10,13H,6,11-12H2,1-5H3,(H,22,27). The van der Waals surface area contributed by atoms with Crippen LogP contribution in [0.1, 0.15) is 48.3 Å². The number of carbonyl (C=O) groups is 1. The number of aromatic nitrogens is 4. The monoisotopic (exact) mass is 413 g/mol. The predicted octanol–water partition coefficient (Wildman–Crippen LogP) is 4.18. The van der Waals surface area contributed by atoms with Gasteiger partial charge >= 0.3 is 0 Å². The van der Waals surface area contributed by atoms with Crippen molar-refractivity contribution < 1.29 is 9.53 Å². The number of nitrogens with zero attached hydrogens (tertiary/aromatic N) is 4. The average molecular weight is 414 g/mol. The van der Waals surface area contributed by atoms with E-state index in [1.807, 2.05) is 45.0 Å². The van der Waals surface area contributed by atoms with Crippen molar-refractivity contribution in [3.8, 4) is 22.1 Å². The van der Waals surface area contributed by atoms with Crippen molar-refractivity contribution in [1.29, 1.82) is 0 Å². The van der Waals surface area contributed by atoms with E-state index in [0.717, 1.165) is 23.6 Å². The summed E-state index contributed by atoms with van der Waals surface area (Å²) >= 11 is 1.35. The van der Waals surface area contributed by atoms with Gasteiger partial charge in [-0.1, -0.05) is 19.1 Å². The normalized spacial score (nSPS) is 11.1. The Morgan fingerprint density at radius 1 is 1.24 bits per heavy atom. The molecule has 0 atom stereocenters. The Bertz CT molecular complexity index is 976. The minimum Gasteiger partial charge on any atom is -0.494 e. The van der Waals surface area contributed by atoms with Crippen LogP contribution in [0.4, 0.5) is 0 Å². The Balaban J connectivity index is 1.81. The molecule has 7 nitrogen and oxygen atoms in total. The Kier molecular flexibility index (Phi) is 6.64. The van der Waals surface area contributed by atoms with E-state index >= 15 is 0 Å². The van der Waals surface area contributed by atoms with Gasteiger partial charge < -0.3 is 10.1 Å². The number of nitrogens with one attached hydrogen (secondary N) is 1. The van der Waals surface area contributed by atoms with Gasteiger partial charge in [-0.15, -0.1) is 16.4 Å². The molecule has 0 saturated carbocycles. The van der Waals surface area contributed by atoms with Crippen LogP contribution in [-0.2, 0) is 0 Å². The summed E-state index contributed by atoms with van der Waals surface area (Å²) in [6, 6.07) is 7.70. The Morgan fingerprint density at radius 3 is 2.62 bits per heavy atom. The molecule has 0 aliphatic carbocycles. The molecule has 0 radical (unpaired) electrons. The van der Waals surface area contributed by atoms with Gasteiger partial charge in [0.25, 0.3) is 5.91 Å². The zero-order chi connectivity index (χ0) is 21.0. The highest BCUT2D eigenvalue weighted by Crippen LogP contribution is 2.29. The molecule has 1 aromatic carbocycles. The predicted molar refractivity (Wildman–Crippen MR) is 115 cm³/mol. The Labute approximate surface area is 175 Å². The molecule has 2 heterocycles. The van der Waals surface area contributed by atoms with Crippen molar-refractivity contribution >= 4 is 17.2 Å². The summed E-state index contributed by atoms with van der Waals surface area (Å²) in [7, 11) is 0. The van der Waals surface area contributed by atoms with Gasteiger partial charge in [0, 0.05) is 6.54 Å². The highest BCUT2D eigenvalue weighted by Gasteiger charge is 2.20. The third kappa shape index (κ3) is 4.82. The molecule has 1 amide bonds.